The minimum Gasteiger partial charge on any atom is -0.459 e. The predicted octanol–water partition coefficient (Wildman–Crippen LogP) is 4.16. The summed E-state index contributed by atoms with van der Waals surface area (Å²) in [6.07, 6.45) is 1.02. The Morgan fingerprint density at radius 3 is 2.89 bits per heavy atom. The molecule has 2 aromatic rings. The van der Waals surface area contributed by atoms with Gasteiger partial charge in [0.25, 0.3) is 0 Å². The molecular weight excluding hydrogens is 262 g/mol. The largest absolute Gasteiger partial charge is 0.459 e. The highest BCUT2D eigenvalue weighted by Gasteiger charge is 2.15. The maximum absolute atomic E-state index is 5.99. The van der Waals surface area contributed by atoms with Crippen LogP contribution in [-0.4, -0.2) is 19.8 Å². The van der Waals surface area contributed by atoms with E-state index in [9.17, 15) is 0 Å². The Bertz CT molecular complexity index is 524. The Morgan fingerprint density at radius 2 is 2.16 bits per heavy atom. The average Bonchev–Trinajstić information content (AvgIpc) is 2.80. The molecule has 1 heterocycles. The van der Waals surface area contributed by atoms with E-state index >= 15 is 0 Å². The van der Waals surface area contributed by atoms with Crippen LogP contribution in [0.15, 0.2) is 28.7 Å². The zero-order chi connectivity index (χ0) is 13.7. The van der Waals surface area contributed by atoms with Gasteiger partial charge in [0.05, 0.1) is 12.6 Å². The minimum atomic E-state index is 0.0859. The molecule has 0 aliphatic carbocycles. The van der Waals surface area contributed by atoms with E-state index in [1.165, 1.54) is 0 Å². The summed E-state index contributed by atoms with van der Waals surface area (Å²) in [5.74, 6) is 0.898. The number of ether oxygens (including phenoxy) is 1. The number of likely N-dealkylation sites (N-methyl/N-ethyl adjacent to an activating group) is 1. The van der Waals surface area contributed by atoms with Crippen LogP contribution in [0.3, 0.4) is 0 Å². The van der Waals surface area contributed by atoms with Gasteiger partial charge in [-0.25, -0.2) is 0 Å². The molecule has 1 N–H and O–H groups in total. The number of nitrogens with one attached hydrogen (secondary N) is 1. The smallest absolute Gasteiger partial charge is 0.134 e. The first-order valence-electron chi connectivity index (χ1n) is 6.74. The van der Waals surface area contributed by atoms with E-state index in [0.717, 1.165) is 41.3 Å². The van der Waals surface area contributed by atoms with Crippen LogP contribution in [0.2, 0.25) is 5.02 Å². The second kappa shape index (κ2) is 6.94. The molecule has 19 heavy (non-hydrogen) atoms. The summed E-state index contributed by atoms with van der Waals surface area (Å²) in [5.41, 5.74) is 0.859. The van der Waals surface area contributed by atoms with Crippen LogP contribution in [-0.2, 0) is 4.74 Å². The zero-order valence-electron chi connectivity index (χ0n) is 11.4. The van der Waals surface area contributed by atoms with E-state index < -0.39 is 0 Å². The van der Waals surface area contributed by atoms with Gasteiger partial charge in [0.1, 0.15) is 11.3 Å². The van der Waals surface area contributed by atoms with Crippen molar-refractivity contribution in [3.63, 3.8) is 0 Å². The SMILES string of the molecule is CCCOCC(NCC)c1cc2cc(Cl)ccc2o1. The molecular formula is C15H20ClNO2. The third-order valence-corrected chi connectivity index (χ3v) is 3.16. The van der Waals surface area contributed by atoms with Gasteiger partial charge >= 0.3 is 0 Å². The summed E-state index contributed by atoms with van der Waals surface area (Å²) in [6, 6.07) is 7.77. The first-order chi connectivity index (χ1) is 9.24. The van der Waals surface area contributed by atoms with Gasteiger partial charge in [-0.1, -0.05) is 25.4 Å². The maximum Gasteiger partial charge on any atom is 0.134 e. The van der Waals surface area contributed by atoms with E-state index in [0.29, 0.717) is 6.61 Å². The second-order valence-corrected chi connectivity index (χ2v) is 4.95. The molecule has 0 spiro atoms. The molecule has 3 nitrogen and oxygen atoms in total. The van der Waals surface area contributed by atoms with Crippen molar-refractivity contribution in [2.45, 2.75) is 26.3 Å². The molecule has 0 fully saturated rings. The predicted molar refractivity (Wildman–Crippen MR) is 78.8 cm³/mol. The van der Waals surface area contributed by atoms with Crippen molar-refractivity contribution in [1.82, 2.24) is 5.32 Å². The Balaban J connectivity index is 2.17. The molecule has 0 saturated heterocycles. The van der Waals surface area contributed by atoms with Crippen LogP contribution in [0.5, 0.6) is 0 Å². The van der Waals surface area contributed by atoms with Gasteiger partial charge in [0.2, 0.25) is 0 Å². The number of hydrogen-bond acceptors (Lipinski definition) is 3. The van der Waals surface area contributed by atoms with Gasteiger partial charge in [0, 0.05) is 17.0 Å². The highest BCUT2D eigenvalue weighted by molar-refractivity contribution is 6.31. The molecule has 1 aromatic carbocycles. The Kier molecular flexibility index (Phi) is 5.25. The van der Waals surface area contributed by atoms with Crippen molar-refractivity contribution in [2.24, 2.45) is 0 Å². The maximum atomic E-state index is 5.99. The molecule has 0 aliphatic rings. The summed E-state index contributed by atoms with van der Waals surface area (Å²) in [5, 5.41) is 5.13. The lowest BCUT2D eigenvalue weighted by Crippen LogP contribution is -2.25. The summed E-state index contributed by atoms with van der Waals surface area (Å²) >= 11 is 5.99. The minimum absolute atomic E-state index is 0.0859. The molecule has 1 aromatic heterocycles. The van der Waals surface area contributed by atoms with Crippen molar-refractivity contribution in [1.29, 1.82) is 0 Å². The standard InChI is InChI=1S/C15H20ClNO2/c1-3-7-18-10-13(17-4-2)15-9-11-8-12(16)5-6-14(11)19-15/h5-6,8-9,13,17H,3-4,7,10H2,1-2H3. The quantitative estimate of drug-likeness (QED) is 0.774. The Labute approximate surface area is 118 Å². The number of furan rings is 1. The molecule has 0 radical (unpaired) electrons. The van der Waals surface area contributed by atoms with E-state index in [1.54, 1.807) is 0 Å². The lowest BCUT2D eigenvalue weighted by atomic mass is 10.2. The second-order valence-electron chi connectivity index (χ2n) is 4.52. The molecule has 0 aliphatic heterocycles. The van der Waals surface area contributed by atoms with Crippen LogP contribution in [0.4, 0.5) is 0 Å². The number of fused-ring (bicyclic) bond motifs is 1. The van der Waals surface area contributed by atoms with Gasteiger partial charge in [-0.3, -0.25) is 0 Å². The zero-order valence-corrected chi connectivity index (χ0v) is 12.2. The van der Waals surface area contributed by atoms with Gasteiger partial charge in [-0.15, -0.1) is 0 Å². The van der Waals surface area contributed by atoms with E-state index in [4.69, 9.17) is 20.8 Å². The normalized spacial score (nSPS) is 13.0. The lowest BCUT2D eigenvalue weighted by Gasteiger charge is -2.15. The van der Waals surface area contributed by atoms with Crippen LogP contribution < -0.4 is 5.32 Å². The van der Waals surface area contributed by atoms with Gasteiger partial charge < -0.3 is 14.5 Å². The summed E-state index contributed by atoms with van der Waals surface area (Å²) in [6.45, 7) is 6.44. The molecule has 4 heteroatoms. The van der Waals surface area contributed by atoms with Crippen LogP contribution >= 0.6 is 11.6 Å². The Morgan fingerprint density at radius 1 is 1.32 bits per heavy atom. The summed E-state index contributed by atoms with van der Waals surface area (Å²) in [4.78, 5) is 0. The molecule has 0 amide bonds. The fourth-order valence-electron chi connectivity index (χ4n) is 2.04. The van der Waals surface area contributed by atoms with Gasteiger partial charge in [-0.2, -0.15) is 0 Å². The van der Waals surface area contributed by atoms with Crippen LogP contribution in [0.25, 0.3) is 11.0 Å². The van der Waals surface area contributed by atoms with Crippen molar-refractivity contribution >= 4 is 22.6 Å². The molecule has 1 atom stereocenters. The van der Waals surface area contributed by atoms with Gasteiger partial charge in [-0.05, 0) is 37.2 Å². The third-order valence-electron chi connectivity index (χ3n) is 2.92. The van der Waals surface area contributed by atoms with Crippen molar-refractivity contribution in [3.05, 3.63) is 35.0 Å². The monoisotopic (exact) mass is 281 g/mol. The highest BCUT2D eigenvalue weighted by Crippen LogP contribution is 2.26. The van der Waals surface area contributed by atoms with E-state index in [-0.39, 0.29) is 6.04 Å². The van der Waals surface area contributed by atoms with Gasteiger partial charge in [0.15, 0.2) is 0 Å². The topological polar surface area (TPSA) is 34.4 Å². The summed E-state index contributed by atoms with van der Waals surface area (Å²) in [7, 11) is 0. The fourth-order valence-corrected chi connectivity index (χ4v) is 2.22. The summed E-state index contributed by atoms with van der Waals surface area (Å²) < 4.78 is 11.5. The molecule has 104 valence electrons. The number of rotatable bonds is 7. The molecule has 0 saturated carbocycles. The van der Waals surface area contributed by atoms with Crippen molar-refractivity contribution in [2.75, 3.05) is 19.8 Å². The Hall–Kier alpha value is -1.03. The molecule has 1 unspecified atom stereocenters. The van der Waals surface area contributed by atoms with Crippen molar-refractivity contribution < 1.29 is 9.15 Å². The van der Waals surface area contributed by atoms with E-state index in [2.05, 4.69) is 19.2 Å². The van der Waals surface area contributed by atoms with Crippen LogP contribution in [0, 0.1) is 0 Å². The number of benzene rings is 1. The first-order valence-corrected chi connectivity index (χ1v) is 7.12. The lowest BCUT2D eigenvalue weighted by molar-refractivity contribution is 0.106. The van der Waals surface area contributed by atoms with Crippen molar-refractivity contribution in [3.8, 4) is 0 Å². The third kappa shape index (κ3) is 3.72. The van der Waals surface area contributed by atoms with Crippen LogP contribution in [0.1, 0.15) is 32.1 Å². The molecule has 0 bridgehead atoms. The van der Waals surface area contributed by atoms with E-state index in [1.807, 2.05) is 24.3 Å². The fraction of sp³-hybridized carbons (Fsp3) is 0.467. The average molecular weight is 282 g/mol. The highest BCUT2D eigenvalue weighted by atomic mass is 35.5. The number of halogens is 1. The molecule has 2 rings (SSSR count). The first kappa shape index (κ1) is 14.4. The number of hydrogen-bond donors (Lipinski definition) is 1.